The van der Waals surface area contributed by atoms with Gasteiger partial charge in [0.05, 0.1) is 18.3 Å². The van der Waals surface area contributed by atoms with E-state index in [0.29, 0.717) is 13.0 Å². The summed E-state index contributed by atoms with van der Waals surface area (Å²) in [6, 6.07) is 9.77. The average Bonchev–Trinajstić information content (AvgIpc) is 2.95. The monoisotopic (exact) mass is 568 g/mol. The fraction of sp³-hybridized carbons (Fsp3) is 0.625. The Labute approximate surface area is 243 Å². The molecule has 0 radical (unpaired) electrons. The number of carbonyl (C=O) groups excluding carboxylic acids is 2. The number of alkyl halides is 1. The third-order valence-corrected chi connectivity index (χ3v) is 7.74. The largest absolute Gasteiger partial charge is 0.490 e. The Morgan fingerprint density at radius 1 is 1.07 bits per heavy atom. The number of hydrogen-bond acceptors (Lipinski definition) is 6. The molecule has 2 heterocycles. The number of nitrogens with one attached hydrogen (secondary N) is 1. The van der Waals surface area contributed by atoms with Crippen molar-refractivity contribution in [1.29, 1.82) is 0 Å². The van der Waals surface area contributed by atoms with Crippen LogP contribution >= 0.6 is 0 Å². The van der Waals surface area contributed by atoms with Gasteiger partial charge in [-0.2, -0.15) is 5.10 Å². The van der Waals surface area contributed by atoms with E-state index in [1.54, 1.807) is 26.8 Å². The van der Waals surface area contributed by atoms with Crippen LogP contribution in [0, 0.1) is 5.92 Å². The molecule has 1 aliphatic heterocycles. The second-order valence-corrected chi connectivity index (χ2v) is 12.3. The van der Waals surface area contributed by atoms with Crippen LogP contribution in [-0.2, 0) is 11.2 Å². The number of benzene rings is 1. The number of carbonyl (C=O) groups is 2. The van der Waals surface area contributed by atoms with Crippen molar-refractivity contribution in [2.24, 2.45) is 5.92 Å². The van der Waals surface area contributed by atoms with Gasteiger partial charge in [-0.25, -0.2) is 9.18 Å². The molecule has 1 aromatic heterocycles. The molecule has 0 spiro atoms. The first kappa shape index (κ1) is 30.7. The predicted octanol–water partition coefficient (Wildman–Crippen LogP) is 6.52. The summed E-state index contributed by atoms with van der Waals surface area (Å²) in [6.07, 6.45) is 7.61. The van der Waals surface area contributed by atoms with Gasteiger partial charge in [0.2, 0.25) is 0 Å². The molecule has 1 aromatic carbocycles. The smallest absolute Gasteiger partial charge is 0.410 e. The van der Waals surface area contributed by atoms with E-state index >= 15 is 0 Å². The molecule has 2 amide bonds. The van der Waals surface area contributed by atoms with Crippen LogP contribution in [-0.4, -0.2) is 64.6 Å². The minimum Gasteiger partial charge on any atom is -0.490 e. The van der Waals surface area contributed by atoms with Crippen LogP contribution in [0.3, 0.4) is 0 Å². The number of nitrogens with zero attached hydrogens (tertiary/aromatic N) is 3. The van der Waals surface area contributed by atoms with Crippen molar-refractivity contribution in [2.45, 2.75) is 103 Å². The van der Waals surface area contributed by atoms with E-state index < -0.39 is 23.8 Å². The zero-order chi connectivity index (χ0) is 29.4. The molecular weight excluding hydrogens is 523 g/mol. The molecule has 2 fully saturated rings. The van der Waals surface area contributed by atoms with Gasteiger partial charge in [0.25, 0.3) is 5.91 Å². The number of halogens is 1. The highest BCUT2D eigenvalue weighted by Crippen LogP contribution is 2.29. The first-order valence-electron chi connectivity index (χ1n) is 15.2. The van der Waals surface area contributed by atoms with Crippen LogP contribution in [0.2, 0.25) is 0 Å². The molecule has 41 heavy (non-hydrogen) atoms. The molecule has 1 saturated carbocycles. The van der Waals surface area contributed by atoms with Crippen molar-refractivity contribution in [3.05, 3.63) is 41.7 Å². The summed E-state index contributed by atoms with van der Waals surface area (Å²) in [5, 5.41) is 11.5. The Kier molecular flexibility index (Phi) is 10.6. The third-order valence-electron chi connectivity index (χ3n) is 7.74. The Bertz CT molecular complexity index is 1160. The maximum atomic E-state index is 14.9. The fourth-order valence-electron chi connectivity index (χ4n) is 5.39. The van der Waals surface area contributed by atoms with Gasteiger partial charge in [-0.1, -0.05) is 31.9 Å². The molecule has 4 rings (SSSR count). The van der Waals surface area contributed by atoms with Crippen LogP contribution in [0.1, 0.15) is 95.2 Å². The van der Waals surface area contributed by atoms with E-state index in [4.69, 9.17) is 9.47 Å². The Morgan fingerprint density at radius 3 is 2.46 bits per heavy atom. The van der Waals surface area contributed by atoms with Crippen LogP contribution in [0.5, 0.6) is 5.75 Å². The number of aryl methyl sites for hydroxylation is 1. The maximum Gasteiger partial charge on any atom is 0.410 e. The number of hydrogen-bond donors (Lipinski definition) is 1. The van der Waals surface area contributed by atoms with E-state index in [-0.39, 0.29) is 30.8 Å². The number of ether oxygens (including phenoxy) is 2. The summed E-state index contributed by atoms with van der Waals surface area (Å²) in [4.78, 5) is 26.8. The van der Waals surface area contributed by atoms with E-state index in [1.165, 1.54) is 24.2 Å². The van der Waals surface area contributed by atoms with Crippen LogP contribution in [0.4, 0.5) is 9.18 Å². The molecule has 0 bridgehead atoms. The summed E-state index contributed by atoms with van der Waals surface area (Å²) in [6.45, 7) is 7.97. The molecule has 1 N–H and O–H groups in total. The molecule has 8 nitrogen and oxygen atoms in total. The summed E-state index contributed by atoms with van der Waals surface area (Å²) < 4.78 is 26.5. The van der Waals surface area contributed by atoms with Crippen LogP contribution < -0.4 is 10.1 Å². The minimum absolute atomic E-state index is 0.0496. The van der Waals surface area contributed by atoms with Gasteiger partial charge in [-0.3, -0.25) is 4.79 Å². The summed E-state index contributed by atoms with van der Waals surface area (Å²) >= 11 is 0. The Morgan fingerprint density at radius 2 is 1.80 bits per heavy atom. The first-order chi connectivity index (χ1) is 19.6. The Balaban J connectivity index is 1.39. The maximum absolute atomic E-state index is 14.9. The standard InChI is InChI=1S/C32H45FN4O4/c1-5-6-12-28-26(22-13-15-25(16-14-22)40-24-10-8-7-9-11-24)19-29(36-35-28)30(38)34-20-23-17-18-37(21-27(23)33)31(39)41-32(2,3)4/h13-16,19,23-24,27H,5-12,17-18,20-21H2,1-4H3,(H,34,38)/t23-,27-/m0/s1. The Hall–Kier alpha value is -3.23. The topological polar surface area (TPSA) is 93.7 Å². The molecule has 1 aliphatic carbocycles. The van der Waals surface area contributed by atoms with Crippen LogP contribution in [0.15, 0.2) is 30.3 Å². The number of piperidine rings is 1. The van der Waals surface area contributed by atoms with Gasteiger partial charge in [0.15, 0.2) is 5.69 Å². The van der Waals surface area contributed by atoms with E-state index in [2.05, 4.69) is 22.4 Å². The normalized spacial score (nSPS) is 20.0. The molecule has 9 heteroatoms. The molecule has 0 unspecified atom stereocenters. The molecular formula is C32H45FN4O4. The number of likely N-dealkylation sites (tertiary alicyclic amines) is 1. The lowest BCUT2D eigenvalue weighted by Gasteiger charge is -2.35. The third kappa shape index (κ3) is 8.88. The predicted molar refractivity (Wildman–Crippen MR) is 157 cm³/mol. The minimum atomic E-state index is -1.26. The highest BCUT2D eigenvalue weighted by molar-refractivity contribution is 5.93. The zero-order valence-corrected chi connectivity index (χ0v) is 25.0. The summed E-state index contributed by atoms with van der Waals surface area (Å²) in [5.41, 5.74) is 2.24. The first-order valence-corrected chi connectivity index (χ1v) is 15.2. The number of rotatable bonds is 9. The highest BCUT2D eigenvalue weighted by atomic mass is 19.1. The highest BCUT2D eigenvalue weighted by Gasteiger charge is 2.34. The number of unbranched alkanes of at least 4 members (excludes halogenated alkanes) is 1. The van der Waals surface area contributed by atoms with Crippen molar-refractivity contribution < 1.29 is 23.5 Å². The van der Waals surface area contributed by atoms with Crippen molar-refractivity contribution >= 4 is 12.0 Å². The number of aromatic nitrogens is 2. The molecule has 2 atom stereocenters. The average molecular weight is 569 g/mol. The second-order valence-electron chi connectivity index (χ2n) is 12.3. The lowest BCUT2D eigenvalue weighted by atomic mass is 9.95. The number of amides is 2. The lowest BCUT2D eigenvalue weighted by molar-refractivity contribution is 0.00548. The van der Waals surface area contributed by atoms with E-state index in [0.717, 1.165) is 54.7 Å². The van der Waals surface area contributed by atoms with Gasteiger partial charge in [0.1, 0.15) is 17.5 Å². The van der Waals surface area contributed by atoms with E-state index in [1.807, 2.05) is 24.3 Å². The molecule has 2 aliphatic rings. The van der Waals surface area contributed by atoms with Crippen molar-refractivity contribution in [3.63, 3.8) is 0 Å². The second kappa shape index (κ2) is 14.1. The van der Waals surface area contributed by atoms with Crippen molar-refractivity contribution in [3.8, 4) is 16.9 Å². The lowest BCUT2D eigenvalue weighted by Crippen LogP contribution is -2.49. The van der Waals surface area contributed by atoms with Gasteiger partial charge in [0, 0.05) is 24.6 Å². The quantitative estimate of drug-likeness (QED) is 0.370. The van der Waals surface area contributed by atoms with Gasteiger partial charge >= 0.3 is 6.09 Å². The van der Waals surface area contributed by atoms with Crippen molar-refractivity contribution in [2.75, 3.05) is 19.6 Å². The summed E-state index contributed by atoms with van der Waals surface area (Å²) in [5.74, 6) is 0.0691. The van der Waals surface area contributed by atoms with Crippen LogP contribution in [0.25, 0.3) is 11.1 Å². The molecule has 2 aromatic rings. The van der Waals surface area contributed by atoms with E-state index in [9.17, 15) is 14.0 Å². The fourth-order valence-corrected chi connectivity index (χ4v) is 5.39. The molecule has 1 saturated heterocycles. The van der Waals surface area contributed by atoms with Crippen molar-refractivity contribution in [1.82, 2.24) is 20.4 Å². The zero-order valence-electron chi connectivity index (χ0n) is 25.0. The SMILES string of the molecule is CCCCc1nnc(C(=O)NC[C@@H]2CCN(C(=O)OC(C)(C)C)C[C@@H]2F)cc1-c1ccc(OC2CCCCC2)cc1. The molecule has 224 valence electrons. The van der Waals surface area contributed by atoms with Gasteiger partial charge < -0.3 is 19.7 Å². The van der Waals surface area contributed by atoms with Gasteiger partial charge in [-0.05, 0) is 89.5 Å². The summed E-state index contributed by atoms with van der Waals surface area (Å²) in [7, 11) is 0. The van der Waals surface area contributed by atoms with Gasteiger partial charge in [-0.15, -0.1) is 5.10 Å².